The van der Waals surface area contributed by atoms with Crippen molar-refractivity contribution in [2.45, 2.75) is 6.92 Å². The maximum absolute atomic E-state index is 11.5. The minimum absolute atomic E-state index is 0.269. The average Bonchev–Trinajstić information content (AvgIpc) is 2.98. The quantitative estimate of drug-likeness (QED) is 0.584. The van der Waals surface area contributed by atoms with Crippen molar-refractivity contribution in [1.29, 1.82) is 0 Å². The number of aromatic hydroxyl groups is 1. The molecule has 0 unspecified atom stereocenters. The highest BCUT2D eigenvalue weighted by atomic mass is 16.3. The summed E-state index contributed by atoms with van der Waals surface area (Å²) in [5.74, 6) is -0.0663. The molecule has 0 radical (unpaired) electrons. The number of hydrogen-bond donors (Lipinski definition) is 2. The highest BCUT2D eigenvalue weighted by Crippen LogP contribution is 2.29. The lowest BCUT2D eigenvalue weighted by molar-refractivity contribution is 0.466. The zero-order valence-electron chi connectivity index (χ0n) is 14.5. The number of nitrogen functional groups attached to an aromatic ring is 1. The van der Waals surface area contributed by atoms with E-state index >= 15 is 0 Å². The van der Waals surface area contributed by atoms with Crippen LogP contribution in [0.2, 0.25) is 0 Å². The molecular weight excluding hydrogens is 328 g/mol. The van der Waals surface area contributed by atoms with Crippen molar-refractivity contribution in [1.82, 2.24) is 14.3 Å². The Labute approximate surface area is 149 Å². The molecule has 0 bridgehead atoms. The molecular formula is C20H18N4O2. The van der Waals surface area contributed by atoms with Gasteiger partial charge in [-0.1, -0.05) is 12.1 Å². The third-order valence-electron chi connectivity index (χ3n) is 4.49. The van der Waals surface area contributed by atoms with Gasteiger partial charge in [-0.25, -0.2) is 0 Å². The molecule has 0 aliphatic carbocycles. The van der Waals surface area contributed by atoms with E-state index in [1.54, 1.807) is 9.25 Å². The van der Waals surface area contributed by atoms with E-state index in [1.165, 1.54) is 12.3 Å². The fraction of sp³-hybridized carbons (Fsp3) is 0.100. The molecule has 2 aromatic carbocycles. The van der Waals surface area contributed by atoms with Crippen LogP contribution in [-0.2, 0) is 7.05 Å². The molecule has 0 atom stereocenters. The summed E-state index contributed by atoms with van der Waals surface area (Å²) in [7, 11) is 1.90. The number of rotatable bonds is 2. The number of pyridine rings is 1. The van der Waals surface area contributed by atoms with Gasteiger partial charge in [-0.15, -0.1) is 0 Å². The van der Waals surface area contributed by atoms with Gasteiger partial charge < -0.3 is 10.8 Å². The van der Waals surface area contributed by atoms with Crippen molar-refractivity contribution in [3.63, 3.8) is 0 Å². The van der Waals surface area contributed by atoms with Gasteiger partial charge >= 0.3 is 0 Å². The third kappa shape index (κ3) is 2.61. The van der Waals surface area contributed by atoms with Crippen molar-refractivity contribution < 1.29 is 5.11 Å². The zero-order chi connectivity index (χ0) is 18.4. The molecule has 0 spiro atoms. The van der Waals surface area contributed by atoms with Crippen LogP contribution in [0.5, 0.6) is 5.75 Å². The SMILES string of the molecule is Cc1ccc(-n2cc(O)c(=O)cc2N)cc1-c1ccc2nn(C)cc2c1. The van der Waals surface area contributed by atoms with E-state index in [1.807, 2.05) is 50.5 Å². The highest BCUT2D eigenvalue weighted by Gasteiger charge is 2.10. The summed E-state index contributed by atoms with van der Waals surface area (Å²) in [6, 6.07) is 13.2. The minimum Gasteiger partial charge on any atom is -0.503 e. The van der Waals surface area contributed by atoms with Crippen LogP contribution in [-0.4, -0.2) is 19.5 Å². The van der Waals surface area contributed by atoms with Crippen LogP contribution in [0.1, 0.15) is 5.56 Å². The molecule has 6 heteroatoms. The zero-order valence-corrected chi connectivity index (χ0v) is 14.5. The van der Waals surface area contributed by atoms with Gasteiger partial charge in [-0.05, 0) is 47.9 Å². The predicted molar refractivity (Wildman–Crippen MR) is 103 cm³/mol. The molecule has 26 heavy (non-hydrogen) atoms. The highest BCUT2D eigenvalue weighted by molar-refractivity contribution is 5.85. The number of benzene rings is 2. The Bertz CT molecular complexity index is 1200. The average molecular weight is 346 g/mol. The second-order valence-electron chi connectivity index (χ2n) is 6.39. The van der Waals surface area contributed by atoms with E-state index in [2.05, 4.69) is 11.2 Å². The largest absolute Gasteiger partial charge is 0.503 e. The van der Waals surface area contributed by atoms with Gasteiger partial charge in [0, 0.05) is 30.4 Å². The molecule has 6 nitrogen and oxygen atoms in total. The molecule has 0 fully saturated rings. The van der Waals surface area contributed by atoms with Crippen LogP contribution >= 0.6 is 0 Å². The van der Waals surface area contributed by atoms with E-state index in [-0.39, 0.29) is 11.6 Å². The summed E-state index contributed by atoms with van der Waals surface area (Å²) in [5, 5.41) is 15.2. The van der Waals surface area contributed by atoms with Crippen LogP contribution in [0, 0.1) is 6.92 Å². The molecule has 0 aliphatic rings. The van der Waals surface area contributed by atoms with Gasteiger partial charge in [-0.3, -0.25) is 14.0 Å². The molecule has 2 aromatic heterocycles. The lowest BCUT2D eigenvalue weighted by Gasteiger charge is -2.14. The number of aromatic nitrogens is 3. The first-order valence-corrected chi connectivity index (χ1v) is 8.18. The van der Waals surface area contributed by atoms with E-state index in [9.17, 15) is 9.90 Å². The Morgan fingerprint density at radius 2 is 1.88 bits per heavy atom. The van der Waals surface area contributed by atoms with E-state index in [4.69, 9.17) is 5.73 Å². The summed E-state index contributed by atoms with van der Waals surface area (Å²) in [5.41, 5.74) is 10.4. The third-order valence-corrected chi connectivity index (χ3v) is 4.49. The summed E-state index contributed by atoms with van der Waals surface area (Å²) in [6.07, 6.45) is 3.33. The molecule has 4 rings (SSSR count). The second-order valence-corrected chi connectivity index (χ2v) is 6.39. The molecule has 0 amide bonds. The Morgan fingerprint density at radius 3 is 2.69 bits per heavy atom. The van der Waals surface area contributed by atoms with Crippen molar-refractivity contribution in [3.05, 3.63) is 70.6 Å². The molecule has 130 valence electrons. The number of nitrogens with zero attached hydrogens (tertiary/aromatic N) is 3. The van der Waals surface area contributed by atoms with Crippen LogP contribution in [0.4, 0.5) is 5.82 Å². The maximum atomic E-state index is 11.5. The number of aryl methyl sites for hydroxylation is 2. The Balaban J connectivity index is 1.88. The molecule has 0 saturated heterocycles. The lowest BCUT2D eigenvalue weighted by Crippen LogP contribution is -2.10. The summed E-state index contributed by atoms with van der Waals surface area (Å²) >= 11 is 0. The number of hydrogen-bond acceptors (Lipinski definition) is 4. The van der Waals surface area contributed by atoms with Gasteiger partial charge in [0.2, 0.25) is 5.43 Å². The van der Waals surface area contributed by atoms with Gasteiger partial charge in [0.1, 0.15) is 5.82 Å². The van der Waals surface area contributed by atoms with Gasteiger partial charge in [0.15, 0.2) is 5.75 Å². The Hall–Kier alpha value is -3.54. The molecule has 2 heterocycles. The number of anilines is 1. The first-order chi connectivity index (χ1) is 12.4. The molecule has 3 N–H and O–H groups in total. The normalized spacial score (nSPS) is 11.2. The summed E-state index contributed by atoms with van der Waals surface area (Å²) < 4.78 is 3.39. The second kappa shape index (κ2) is 5.77. The maximum Gasteiger partial charge on any atom is 0.225 e. The van der Waals surface area contributed by atoms with Crippen molar-refractivity contribution in [2.24, 2.45) is 7.05 Å². The summed E-state index contributed by atoms with van der Waals surface area (Å²) in [4.78, 5) is 11.5. The Morgan fingerprint density at radius 1 is 1.08 bits per heavy atom. The van der Waals surface area contributed by atoms with Crippen LogP contribution < -0.4 is 11.2 Å². The van der Waals surface area contributed by atoms with Crippen LogP contribution in [0.15, 0.2) is 59.7 Å². The van der Waals surface area contributed by atoms with Crippen molar-refractivity contribution in [2.75, 3.05) is 5.73 Å². The standard InChI is InChI=1S/C20H18N4O2/c1-12-3-5-15(24-11-19(26)18(25)9-20(24)21)8-16(12)13-4-6-17-14(7-13)10-23(2)22-17/h3-11,26H,21H2,1-2H3. The predicted octanol–water partition coefficient (Wildman–Crippen LogP) is 2.99. The lowest BCUT2D eigenvalue weighted by atomic mass is 9.98. The van der Waals surface area contributed by atoms with Crippen LogP contribution in [0.3, 0.4) is 0 Å². The van der Waals surface area contributed by atoms with E-state index < -0.39 is 5.43 Å². The topological polar surface area (TPSA) is 86.1 Å². The molecule has 0 saturated carbocycles. The monoisotopic (exact) mass is 346 g/mol. The van der Waals surface area contributed by atoms with E-state index in [0.29, 0.717) is 0 Å². The number of nitrogens with two attached hydrogens (primary N) is 1. The van der Waals surface area contributed by atoms with Crippen LogP contribution in [0.25, 0.3) is 27.7 Å². The fourth-order valence-electron chi connectivity index (χ4n) is 3.15. The minimum atomic E-state index is -0.492. The molecule has 0 aliphatic heterocycles. The van der Waals surface area contributed by atoms with Crippen molar-refractivity contribution in [3.8, 4) is 22.6 Å². The van der Waals surface area contributed by atoms with Gasteiger partial charge in [0.25, 0.3) is 0 Å². The fourth-order valence-corrected chi connectivity index (χ4v) is 3.15. The number of fused-ring (bicyclic) bond motifs is 1. The Kier molecular flexibility index (Phi) is 3.54. The first-order valence-electron chi connectivity index (χ1n) is 8.18. The van der Waals surface area contributed by atoms with Crippen molar-refractivity contribution >= 4 is 16.7 Å². The smallest absolute Gasteiger partial charge is 0.225 e. The summed E-state index contributed by atoms with van der Waals surface area (Å²) in [6.45, 7) is 2.04. The molecule has 4 aromatic rings. The van der Waals surface area contributed by atoms with Gasteiger partial charge in [-0.2, -0.15) is 5.10 Å². The van der Waals surface area contributed by atoms with E-state index in [0.717, 1.165) is 33.3 Å². The first kappa shape index (κ1) is 16.0. The van der Waals surface area contributed by atoms with Gasteiger partial charge in [0.05, 0.1) is 11.7 Å².